The first-order valence-electron chi connectivity index (χ1n) is 7.79. The van der Waals surface area contributed by atoms with Crippen molar-refractivity contribution in [1.29, 1.82) is 0 Å². The van der Waals surface area contributed by atoms with Crippen LogP contribution in [0.2, 0.25) is 0 Å². The van der Waals surface area contributed by atoms with E-state index in [0.29, 0.717) is 6.54 Å². The van der Waals surface area contributed by atoms with E-state index in [2.05, 4.69) is 10.2 Å². The molecule has 1 amide bonds. The van der Waals surface area contributed by atoms with Gasteiger partial charge >= 0.3 is 0 Å². The molecule has 0 aromatic carbocycles. The second-order valence-corrected chi connectivity index (χ2v) is 6.36. The number of aliphatic hydroxyl groups is 1. The SMILES string of the molecule is COCCN1CCC(C(=O)NCC2(CO)CCCC2)C1. The van der Waals surface area contributed by atoms with Crippen LogP contribution in [0.4, 0.5) is 0 Å². The molecule has 1 atom stereocenters. The molecule has 1 aliphatic heterocycles. The molecule has 1 unspecified atom stereocenters. The third-order valence-electron chi connectivity index (χ3n) is 4.89. The number of hydrogen-bond acceptors (Lipinski definition) is 4. The summed E-state index contributed by atoms with van der Waals surface area (Å²) in [6, 6.07) is 0. The van der Waals surface area contributed by atoms with E-state index in [4.69, 9.17) is 4.74 Å². The molecule has 1 saturated heterocycles. The molecule has 0 aromatic rings. The highest BCUT2D eigenvalue weighted by molar-refractivity contribution is 5.79. The first-order valence-corrected chi connectivity index (χ1v) is 7.79. The van der Waals surface area contributed by atoms with Crippen LogP contribution in [-0.2, 0) is 9.53 Å². The van der Waals surface area contributed by atoms with Crippen LogP contribution in [0.1, 0.15) is 32.1 Å². The fourth-order valence-corrected chi connectivity index (χ4v) is 3.40. The van der Waals surface area contributed by atoms with Gasteiger partial charge in [0.15, 0.2) is 0 Å². The number of rotatable bonds is 7. The van der Waals surface area contributed by atoms with Crippen molar-refractivity contribution in [3.05, 3.63) is 0 Å². The number of methoxy groups -OCH3 is 1. The highest BCUT2D eigenvalue weighted by Crippen LogP contribution is 2.37. The Balaban J connectivity index is 1.72. The van der Waals surface area contributed by atoms with Crippen molar-refractivity contribution in [3.8, 4) is 0 Å². The summed E-state index contributed by atoms with van der Waals surface area (Å²) in [4.78, 5) is 14.5. The highest BCUT2D eigenvalue weighted by Gasteiger charge is 2.35. The summed E-state index contributed by atoms with van der Waals surface area (Å²) >= 11 is 0. The van der Waals surface area contributed by atoms with Crippen LogP contribution in [0, 0.1) is 11.3 Å². The normalized spacial score (nSPS) is 26.0. The predicted molar refractivity (Wildman–Crippen MR) is 77.4 cm³/mol. The molecule has 20 heavy (non-hydrogen) atoms. The lowest BCUT2D eigenvalue weighted by Crippen LogP contribution is -2.41. The molecular formula is C15H28N2O3. The van der Waals surface area contributed by atoms with E-state index in [1.807, 2.05) is 0 Å². The summed E-state index contributed by atoms with van der Waals surface area (Å²) in [6.07, 6.45) is 5.35. The van der Waals surface area contributed by atoms with Gasteiger partial charge in [0.05, 0.1) is 19.1 Å². The van der Waals surface area contributed by atoms with Crippen molar-refractivity contribution in [1.82, 2.24) is 10.2 Å². The average Bonchev–Trinajstić information content (AvgIpc) is 3.12. The summed E-state index contributed by atoms with van der Waals surface area (Å²) in [5.74, 6) is 0.258. The van der Waals surface area contributed by atoms with Gasteiger partial charge in [-0.25, -0.2) is 0 Å². The molecular weight excluding hydrogens is 256 g/mol. The van der Waals surface area contributed by atoms with E-state index in [1.54, 1.807) is 7.11 Å². The van der Waals surface area contributed by atoms with Gasteiger partial charge in [-0.1, -0.05) is 12.8 Å². The van der Waals surface area contributed by atoms with Crippen LogP contribution in [0.3, 0.4) is 0 Å². The average molecular weight is 284 g/mol. The Kier molecular flexibility index (Phi) is 5.81. The minimum atomic E-state index is -0.0516. The van der Waals surface area contributed by atoms with Gasteiger partial charge in [0.2, 0.25) is 5.91 Å². The fraction of sp³-hybridized carbons (Fsp3) is 0.933. The number of carbonyl (C=O) groups is 1. The maximum Gasteiger partial charge on any atom is 0.224 e. The van der Waals surface area contributed by atoms with Crippen molar-refractivity contribution >= 4 is 5.91 Å². The van der Waals surface area contributed by atoms with Crippen LogP contribution in [0.15, 0.2) is 0 Å². The maximum absolute atomic E-state index is 12.2. The van der Waals surface area contributed by atoms with Gasteiger partial charge in [-0.3, -0.25) is 4.79 Å². The lowest BCUT2D eigenvalue weighted by atomic mass is 9.87. The van der Waals surface area contributed by atoms with Crippen LogP contribution in [-0.4, -0.2) is 62.4 Å². The summed E-state index contributed by atoms with van der Waals surface area (Å²) < 4.78 is 5.07. The van der Waals surface area contributed by atoms with Crippen molar-refractivity contribution in [2.24, 2.45) is 11.3 Å². The van der Waals surface area contributed by atoms with Gasteiger partial charge in [-0.05, 0) is 25.8 Å². The number of aliphatic hydroxyl groups excluding tert-OH is 1. The zero-order valence-corrected chi connectivity index (χ0v) is 12.6. The standard InChI is InChI=1S/C15H28N2O3/c1-20-9-8-17-7-4-13(10-17)14(19)16-11-15(12-18)5-2-3-6-15/h13,18H,2-12H2,1H3,(H,16,19). The quantitative estimate of drug-likeness (QED) is 0.719. The molecule has 2 rings (SSSR count). The zero-order valence-electron chi connectivity index (χ0n) is 12.6. The summed E-state index contributed by atoms with van der Waals surface area (Å²) in [5.41, 5.74) is -0.0516. The van der Waals surface area contributed by atoms with Crippen LogP contribution < -0.4 is 5.32 Å². The summed E-state index contributed by atoms with van der Waals surface area (Å²) in [5, 5.41) is 12.6. The van der Waals surface area contributed by atoms with E-state index in [1.165, 1.54) is 12.8 Å². The summed E-state index contributed by atoms with van der Waals surface area (Å²) in [6.45, 7) is 4.27. The lowest BCUT2D eigenvalue weighted by molar-refractivity contribution is -0.125. The van der Waals surface area contributed by atoms with E-state index in [-0.39, 0.29) is 23.8 Å². The van der Waals surface area contributed by atoms with E-state index in [9.17, 15) is 9.90 Å². The number of ether oxygens (including phenoxy) is 1. The monoisotopic (exact) mass is 284 g/mol. The smallest absolute Gasteiger partial charge is 0.224 e. The summed E-state index contributed by atoms with van der Waals surface area (Å²) in [7, 11) is 1.70. The number of hydrogen-bond donors (Lipinski definition) is 2. The Morgan fingerprint density at radius 1 is 1.45 bits per heavy atom. The number of carbonyl (C=O) groups excluding carboxylic acids is 1. The zero-order chi connectivity index (χ0) is 14.4. The Hall–Kier alpha value is -0.650. The van der Waals surface area contributed by atoms with Gasteiger partial charge in [0.25, 0.3) is 0 Å². The second kappa shape index (κ2) is 7.38. The van der Waals surface area contributed by atoms with E-state index < -0.39 is 0 Å². The molecule has 1 heterocycles. The Labute approximate surface area is 121 Å². The maximum atomic E-state index is 12.2. The van der Waals surface area contributed by atoms with Gasteiger partial charge in [0, 0.05) is 32.2 Å². The van der Waals surface area contributed by atoms with Gasteiger partial charge in [-0.15, -0.1) is 0 Å². The van der Waals surface area contributed by atoms with Gasteiger partial charge < -0.3 is 20.1 Å². The van der Waals surface area contributed by atoms with Crippen LogP contribution >= 0.6 is 0 Å². The molecule has 2 fully saturated rings. The van der Waals surface area contributed by atoms with Crippen molar-refractivity contribution < 1.29 is 14.6 Å². The van der Waals surface area contributed by atoms with Crippen LogP contribution in [0.25, 0.3) is 0 Å². The minimum absolute atomic E-state index is 0.0516. The van der Waals surface area contributed by atoms with Gasteiger partial charge in [-0.2, -0.15) is 0 Å². The second-order valence-electron chi connectivity index (χ2n) is 6.36. The predicted octanol–water partition coefficient (Wildman–Crippen LogP) is 0.624. The van der Waals surface area contributed by atoms with E-state index >= 15 is 0 Å². The molecule has 1 aliphatic carbocycles. The third kappa shape index (κ3) is 3.93. The largest absolute Gasteiger partial charge is 0.396 e. The first kappa shape index (κ1) is 15.7. The molecule has 0 spiro atoms. The van der Waals surface area contributed by atoms with Gasteiger partial charge in [0.1, 0.15) is 0 Å². The van der Waals surface area contributed by atoms with Crippen molar-refractivity contribution in [2.45, 2.75) is 32.1 Å². The molecule has 0 bridgehead atoms. The molecule has 5 nitrogen and oxygen atoms in total. The third-order valence-corrected chi connectivity index (χ3v) is 4.89. The number of nitrogens with zero attached hydrogens (tertiary/aromatic N) is 1. The minimum Gasteiger partial charge on any atom is -0.396 e. The highest BCUT2D eigenvalue weighted by atomic mass is 16.5. The lowest BCUT2D eigenvalue weighted by Gasteiger charge is -2.27. The Morgan fingerprint density at radius 3 is 2.85 bits per heavy atom. The number of likely N-dealkylation sites (tertiary alicyclic amines) is 1. The van der Waals surface area contributed by atoms with Crippen molar-refractivity contribution in [2.75, 3.05) is 46.5 Å². The molecule has 0 aromatic heterocycles. The molecule has 2 N–H and O–H groups in total. The van der Waals surface area contributed by atoms with Crippen molar-refractivity contribution in [3.63, 3.8) is 0 Å². The molecule has 116 valence electrons. The molecule has 0 radical (unpaired) electrons. The number of nitrogens with one attached hydrogen (secondary N) is 1. The molecule has 5 heteroatoms. The van der Waals surface area contributed by atoms with Crippen LogP contribution in [0.5, 0.6) is 0 Å². The number of amides is 1. The first-order chi connectivity index (χ1) is 9.69. The Morgan fingerprint density at radius 2 is 2.20 bits per heavy atom. The Bertz CT molecular complexity index is 316. The van der Waals surface area contributed by atoms with E-state index in [0.717, 1.165) is 45.5 Å². The molecule has 2 aliphatic rings. The molecule has 1 saturated carbocycles. The topological polar surface area (TPSA) is 61.8 Å². The fourth-order valence-electron chi connectivity index (χ4n) is 3.40.